The number of nitrogens with zero attached hydrogens (tertiary/aromatic N) is 5. The van der Waals surface area contributed by atoms with Gasteiger partial charge in [-0.15, -0.1) is 0 Å². The van der Waals surface area contributed by atoms with E-state index < -0.39 is 23.8 Å². The van der Waals surface area contributed by atoms with Crippen LogP contribution in [-0.4, -0.2) is 78.0 Å². The Kier molecular flexibility index (Phi) is 8.96. The number of carbonyl (C=O) groups is 3. The highest BCUT2D eigenvalue weighted by Crippen LogP contribution is 2.36. The van der Waals surface area contributed by atoms with Gasteiger partial charge in [0.2, 0.25) is 5.91 Å². The quantitative estimate of drug-likeness (QED) is 0.206. The van der Waals surface area contributed by atoms with Gasteiger partial charge < -0.3 is 26.4 Å². The summed E-state index contributed by atoms with van der Waals surface area (Å²) in [5, 5.41) is 18.2. The minimum absolute atomic E-state index is 0.0664. The maximum Gasteiger partial charge on any atom is 0.433 e. The monoisotopic (exact) mass is 607 g/mol. The summed E-state index contributed by atoms with van der Waals surface area (Å²) in [6.45, 7) is 2.34. The van der Waals surface area contributed by atoms with Gasteiger partial charge in [-0.05, 0) is 31.5 Å². The SMILES string of the molecule is CC(NC(=O)c1ccc(Nc2nccn3c(-c4cn[nH]c4C(F)(F)F)cnc23)cc1Cl)C(=O)N1CC[C@@H](N)C1.O=CO. The van der Waals surface area contributed by atoms with E-state index in [-0.39, 0.29) is 51.7 Å². The van der Waals surface area contributed by atoms with Gasteiger partial charge in [-0.2, -0.15) is 18.3 Å². The summed E-state index contributed by atoms with van der Waals surface area (Å²) in [6, 6.07) is 3.74. The third kappa shape index (κ3) is 6.44. The molecule has 0 aliphatic carbocycles. The number of rotatable bonds is 6. The highest BCUT2D eigenvalue weighted by molar-refractivity contribution is 6.34. The molecule has 4 heterocycles. The second-order valence-electron chi connectivity index (χ2n) is 9.22. The molecule has 5 rings (SSSR count). The van der Waals surface area contributed by atoms with Crippen LogP contribution < -0.4 is 16.4 Å². The molecule has 3 aromatic heterocycles. The number of nitrogens with two attached hydrogens (primary N) is 1. The normalized spacial score (nSPS) is 15.6. The average molecular weight is 608 g/mol. The van der Waals surface area contributed by atoms with Crippen LogP contribution in [-0.2, 0) is 15.8 Å². The lowest BCUT2D eigenvalue weighted by molar-refractivity contribution is -0.140. The lowest BCUT2D eigenvalue weighted by Gasteiger charge is -2.21. The third-order valence-electron chi connectivity index (χ3n) is 6.36. The number of likely N-dealkylation sites (tertiary alicyclic amines) is 1. The third-order valence-corrected chi connectivity index (χ3v) is 6.67. The largest absolute Gasteiger partial charge is 0.483 e. The number of anilines is 2. The van der Waals surface area contributed by atoms with Crippen molar-refractivity contribution in [2.45, 2.75) is 31.6 Å². The minimum atomic E-state index is -4.62. The molecule has 13 nitrogen and oxygen atoms in total. The number of hydrogen-bond acceptors (Lipinski definition) is 8. The van der Waals surface area contributed by atoms with Crippen molar-refractivity contribution in [1.29, 1.82) is 0 Å². The Morgan fingerprint density at radius 3 is 2.67 bits per heavy atom. The molecule has 42 heavy (non-hydrogen) atoms. The van der Waals surface area contributed by atoms with Crippen LogP contribution in [0.25, 0.3) is 16.9 Å². The second kappa shape index (κ2) is 12.4. The molecule has 4 aromatic rings. The average Bonchev–Trinajstić information content (AvgIpc) is 3.68. The Hall–Kier alpha value is -4.70. The molecule has 1 aliphatic heterocycles. The van der Waals surface area contributed by atoms with Gasteiger partial charge in [0.25, 0.3) is 12.4 Å². The van der Waals surface area contributed by atoms with Crippen LogP contribution >= 0.6 is 11.6 Å². The lowest BCUT2D eigenvalue weighted by Crippen LogP contribution is -2.46. The summed E-state index contributed by atoms with van der Waals surface area (Å²) in [4.78, 5) is 43.8. The van der Waals surface area contributed by atoms with Gasteiger partial charge in [-0.1, -0.05) is 11.6 Å². The molecule has 6 N–H and O–H groups in total. The van der Waals surface area contributed by atoms with Crippen molar-refractivity contribution >= 4 is 47.0 Å². The van der Waals surface area contributed by atoms with E-state index in [9.17, 15) is 22.8 Å². The van der Waals surface area contributed by atoms with Crippen LogP contribution in [0.2, 0.25) is 5.02 Å². The number of hydrogen-bond donors (Lipinski definition) is 5. The number of halogens is 4. The molecule has 222 valence electrons. The second-order valence-corrected chi connectivity index (χ2v) is 9.63. The number of imidazole rings is 1. The molecule has 0 spiro atoms. The smallest absolute Gasteiger partial charge is 0.433 e. The molecule has 1 aromatic carbocycles. The van der Waals surface area contributed by atoms with Crippen LogP contribution in [0.4, 0.5) is 24.7 Å². The van der Waals surface area contributed by atoms with Gasteiger partial charge >= 0.3 is 6.18 Å². The van der Waals surface area contributed by atoms with Crippen molar-refractivity contribution in [2.24, 2.45) is 5.73 Å². The number of carbonyl (C=O) groups excluding carboxylic acids is 2. The number of aromatic nitrogens is 5. The van der Waals surface area contributed by atoms with Gasteiger partial charge in [0.1, 0.15) is 11.7 Å². The summed E-state index contributed by atoms with van der Waals surface area (Å²) >= 11 is 6.38. The zero-order chi connectivity index (χ0) is 30.6. The molecule has 0 bridgehead atoms. The van der Waals surface area contributed by atoms with Crippen LogP contribution in [0.5, 0.6) is 0 Å². The van der Waals surface area contributed by atoms with Gasteiger partial charge in [0.15, 0.2) is 11.5 Å². The molecule has 0 radical (unpaired) electrons. The molecule has 1 saturated heterocycles. The minimum Gasteiger partial charge on any atom is -0.483 e. The van der Waals surface area contributed by atoms with E-state index in [1.165, 1.54) is 35.1 Å². The summed E-state index contributed by atoms with van der Waals surface area (Å²) in [5.74, 6) is -0.492. The lowest BCUT2D eigenvalue weighted by atomic mass is 10.1. The fourth-order valence-electron chi connectivity index (χ4n) is 4.41. The van der Waals surface area contributed by atoms with Gasteiger partial charge in [-0.3, -0.25) is 23.9 Å². The van der Waals surface area contributed by atoms with Crippen LogP contribution in [0.3, 0.4) is 0 Å². The molecule has 1 aliphatic rings. The van der Waals surface area contributed by atoms with E-state index in [1.807, 2.05) is 5.10 Å². The topological polar surface area (TPSA) is 184 Å². The highest BCUT2D eigenvalue weighted by Gasteiger charge is 2.36. The number of benzene rings is 1. The van der Waals surface area contributed by atoms with E-state index in [4.69, 9.17) is 27.2 Å². The molecule has 17 heteroatoms. The fourth-order valence-corrected chi connectivity index (χ4v) is 4.68. The number of nitrogens with one attached hydrogen (secondary N) is 3. The van der Waals surface area contributed by atoms with Crippen LogP contribution in [0, 0.1) is 0 Å². The number of carboxylic acid groups (broad SMARTS) is 1. The molecule has 2 amide bonds. The Labute approximate surface area is 240 Å². The molecule has 2 atom stereocenters. The van der Waals surface area contributed by atoms with Gasteiger partial charge in [0.05, 0.1) is 34.2 Å². The highest BCUT2D eigenvalue weighted by atomic mass is 35.5. The van der Waals surface area contributed by atoms with Crippen molar-refractivity contribution in [3.63, 3.8) is 0 Å². The molecule has 1 fully saturated rings. The Morgan fingerprint density at radius 1 is 1.29 bits per heavy atom. The summed E-state index contributed by atoms with van der Waals surface area (Å²) in [7, 11) is 0. The summed E-state index contributed by atoms with van der Waals surface area (Å²) in [5.41, 5.74) is 5.75. The maximum absolute atomic E-state index is 13.4. The van der Waals surface area contributed by atoms with Crippen LogP contribution in [0.15, 0.2) is 43.0 Å². The van der Waals surface area contributed by atoms with Crippen molar-refractivity contribution in [2.75, 3.05) is 18.4 Å². The number of H-pyrrole nitrogens is 1. The first-order valence-electron chi connectivity index (χ1n) is 12.4. The number of amides is 2. The first-order valence-corrected chi connectivity index (χ1v) is 12.7. The van der Waals surface area contributed by atoms with E-state index in [0.717, 1.165) is 6.20 Å². The van der Waals surface area contributed by atoms with Crippen molar-refractivity contribution in [3.05, 3.63) is 59.3 Å². The molecular weight excluding hydrogens is 583 g/mol. The van der Waals surface area contributed by atoms with Crippen molar-refractivity contribution in [3.8, 4) is 11.3 Å². The standard InChI is InChI=1S/C24H23ClF3N9O2.CH2O2/c1-12(23(39)36-6-4-13(29)11-36)33-22(38)15-3-2-14(8-17(15)25)34-20-21-31-10-18(37(21)7-5-30-20)16-9-32-35-19(16)24(26,27)28;2-1-3/h2-3,5,7-10,12-13H,4,6,11,29H2,1H3,(H,30,34)(H,32,35)(H,33,38);1H,(H,2,3)/t12?,13-;/m1./s1. The molecule has 1 unspecified atom stereocenters. The van der Waals surface area contributed by atoms with Crippen molar-refractivity contribution in [1.82, 2.24) is 34.8 Å². The number of alkyl halides is 3. The number of aromatic amines is 1. The predicted molar refractivity (Wildman–Crippen MR) is 145 cm³/mol. The van der Waals surface area contributed by atoms with Gasteiger partial charge in [-0.25, -0.2) is 9.97 Å². The van der Waals surface area contributed by atoms with Crippen LogP contribution in [0.1, 0.15) is 29.4 Å². The van der Waals surface area contributed by atoms with E-state index in [2.05, 4.69) is 25.7 Å². The first-order chi connectivity index (χ1) is 19.9. The van der Waals surface area contributed by atoms with E-state index in [1.54, 1.807) is 17.9 Å². The fraction of sp³-hybridized carbons (Fsp3) is 0.280. The zero-order valence-corrected chi connectivity index (χ0v) is 22.6. The summed E-state index contributed by atoms with van der Waals surface area (Å²) < 4.78 is 41.6. The molecule has 0 saturated carbocycles. The maximum atomic E-state index is 13.4. The van der Waals surface area contributed by atoms with E-state index in [0.29, 0.717) is 25.2 Å². The molecular formula is C25H25ClF3N9O4. The zero-order valence-electron chi connectivity index (χ0n) is 21.9. The predicted octanol–water partition coefficient (Wildman–Crippen LogP) is 2.91. The van der Waals surface area contributed by atoms with Crippen molar-refractivity contribution < 1.29 is 32.7 Å². The van der Waals surface area contributed by atoms with E-state index >= 15 is 0 Å². The Bertz CT molecular complexity index is 1610. The number of fused-ring (bicyclic) bond motifs is 1. The Balaban J connectivity index is 0.00000129. The first kappa shape index (κ1) is 30.3. The van der Waals surface area contributed by atoms with Gasteiger partial charge in [0, 0.05) is 37.2 Å². The Morgan fingerprint density at radius 2 is 2.02 bits per heavy atom. The summed E-state index contributed by atoms with van der Waals surface area (Å²) in [6.07, 6.45) is 1.35.